The molecule has 0 saturated heterocycles. The number of anilines is 1. The SMILES string of the molecule is COC(=O)c1ccc(NC(=O)CSc2nc3ccsc3c(=O)n2-c2ccccc2)cc1. The van der Waals surface area contributed by atoms with E-state index in [1.54, 1.807) is 30.3 Å². The molecule has 1 amide bonds. The van der Waals surface area contributed by atoms with E-state index < -0.39 is 5.97 Å². The van der Waals surface area contributed by atoms with Crippen molar-refractivity contribution in [2.24, 2.45) is 0 Å². The van der Waals surface area contributed by atoms with Crippen molar-refractivity contribution in [3.05, 3.63) is 82.0 Å². The topological polar surface area (TPSA) is 90.3 Å². The number of benzene rings is 2. The van der Waals surface area contributed by atoms with Gasteiger partial charge in [-0.15, -0.1) is 11.3 Å². The number of nitrogens with zero attached hydrogens (tertiary/aromatic N) is 2. The number of carbonyl (C=O) groups excluding carboxylic acids is 2. The summed E-state index contributed by atoms with van der Waals surface area (Å²) >= 11 is 2.53. The van der Waals surface area contributed by atoms with Gasteiger partial charge in [0.1, 0.15) is 4.70 Å². The molecule has 0 saturated carbocycles. The fourth-order valence-corrected chi connectivity index (χ4v) is 4.50. The summed E-state index contributed by atoms with van der Waals surface area (Å²) < 4.78 is 6.77. The average molecular weight is 452 g/mol. The van der Waals surface area contributed by atoms with Crippen LogP contribution in [0.3, 0.4) is 0 Å². The quantitative estimate of drug-likeness (QED) is 0.271. The average Bonchev–Trinajstić information content (AvgIpc) is 3.27. The van der Waals surface area contributed by atoms with Gasteiger partial charge in [0, 0.05) is 5.69 Å². The van der Waals surface area contributed by atoms with Crippen molar-refractivity contribution in [3.63, 3.8) is 0 Å². The van der Waals surface area contributed by atoms with Gasteiger partial charge in [-0.05, 0) is 47.8 Å². The second-order valence-electron chi connectivity index (χ2n) is 6.41. The molecule has 0 unspecified atom stereocenters. The van der Waals surface area contributed by atoms with Crippen LogP contribution in [-0.4, -0.2) is 34.3 Å². The Morgan fingerprint density at radius 3 is 2.55 bits per heavy atom. The number of amides is 1. The largest absolute Gasteiger partial charge is 0.465 e. The molecule has 0 bridgehead atoms. The Morgan fingerprint density at radius 1 is 1.10 bits per heavy atom. The summed E-state index contributed by atoms with van der Waals surface area (Å²) in [5.41, 5.74) is 2.10. The van der Waals surface area contributed by atoms with E-state index in [4.69, 9.17) is 0 Å². The van der Waals surface area contributed by atoms with Crippen LogP contribution >= 0.6 is 23.1 Å². The number of carbonyl (C=O) groups is 2. The summed E-state index contributed by atoms with van der Waals surface area (Å²) in [6.07, 6.45) is 0. The third-order valence-corrected chi connectivity index (χ3v) is 6.22. The lowest BCUT2D eigenvalue weighted by molar-refractivity contribution is -0.113. The van der Waals surface area contributed by atoms with Crippen LogP contribution in [0.5, 0.6) is 0 Å². The van der Waals surface area contributed by atoms with Gasteiger partial charge in [-0.1, -0.05) is 30.0 Å². The molecule has 156 valence electrons. The van der Waals surface area contributed by atoms with Crippen LogP contribution in [0.1, 0.15) is 10.4 Å². The van der Waals surface area contributed by atoms with Crippen LogP contribution in [-0.2, 0) is 9.53 Å². The number of methoxy groups -OCH3 is 1. The van der Waals surface area contributed by atoms with E-state index in [9.17, 15) is 14.4 Å². The van der Waals surface area contributed by atoms with E-state index in [0.717, 1.165) is 0 Å². The number of fused-ring (bicyclic) bond motifs is 1. The number of thiophene rings is 1. The van der Waals surface area contributed by atoms with E-state index >= 15 is 0 Å². The summed E-state index contributed by atoms with van der Waals surface area (Å²) in [5.74, 6) is -0.634. The number of hydrogen-bond donors (Lipinski definition) is 1. The van der Waals surface area contributed by atoms with Gasteiger partial charge in [-0.2, -0.15) is 0 Å². The maximum atomic E-state index is 13.0. The van der Waals surface area contributed by atoms with Crippen molar-refractivity contribution in [3.8, 4) is 5.69 Å². The Morgan fingerprint density at radius 2 is 1.84 bits per heavy atom. The second kappa shape index (κ2) is 9.15. The lowest BCUT2D eigenvalue weighted by Gasteiger charge is -2.12. The molecule has 0 aliphatic rings. The number of esters is 1. The van der Waals surface area contributed by atoms with Crippen LogP contribution < -0.4 is 10.9 Å². The van der Waals surface area contributed by atoms with Crippen molar-refractivity contribution in [2.45, 2.75) is 5.16 Å². The molecule has 2 aromatic heterocycles. The smallest absolute Gasteiger partial charge is 0.337 e. The zero-order chi connectivity index (χ0) is 21.8. The van der Waals surface area contributed by atoms with Gasteiger partial charge >= 0.3 is 5.97 Å². The van der Waals surface area contributed by atoms with E-state index in [1.165, 1.54) is 34.8 Å². The van der Waals surface area contributed by atoms with Crippen LogP contribution in [0.4, 0.5) is 5.69 Å². The predicted molar refractivity (Wildman–Crippen MR) is 122 cm³/mol. The van der Waals surface area contributed by atoms with Gasteiger partial charge in [0.25, 0.3) is 5.56 Å². The molecule has 2 aromatic carbocycles. The first-order chi connectivity index (χ1) is 15.1. The lowest BCUT2D eigenvalue weighted by atomic mass is 10.2. The van der Waals surface area contributed by atoms with Crippen molar-refractivity contribution >= 4 is 50.9 Å². The van der Waals surface area contributed by atoms with Gasteiger partial charge in [-0.25, -0.2) is 9.78 Å². The summed E-state index contributed by atoms with van der Waals surface area (Å²) in [5, 5.41) is 5.05. The Balaban J connectivity index is 1.54. The first-order valence-corrected chi connectivity index (χ1v) is 11.1. The summed E-state index contributed by atoms with van der Waals surface area (Å²) in [6, 6.07) is 17.4. The number of hydrogen-bond acceptors (Lipinski definition) is 7. The van der Waals surface area contributed by atoms with Gasteiger partial charge in [-0.3, -0.25) is 14.2 Å². The molecule has 0 spiro atoms. The van der Waals surface area contributed by atoms with E-state index in [2.05, 4.69) is 15.0 Å². The molecule has 0 atom stereocenters. The zero-order valence-corrected chi connectivity index (χ0v) is 18.0. The molecule has 0 fully saturated rings. The molecule has 31 heavy (non-hydrogen) atoms. The molecular weight excluding hydrogens is 434 g/mol. The minimum absolute atomic E-state index is 0.0632. The Kier molecular flexibility index (Phi) is 6.15. The van der Waals surface area contributed by atoms with Crippen molar-refractivity contribution < 1.29 is 14.3 Å². The Hall–Kier alpha value is -3.43. The Labute approximate surface area is 185 Å². The molecular formula is C22H17N3O4S2. The highest BCUT2D eigenvalue weighted by Gasteiger charge is 2.16. The standard InChI is InChI=1S/C22H17N3O4S2/c1-29-21(28)14-7-9-15(10-8-14)23-18(26)13-31-22-24-17-11-12-30-19(17)20(27)25(22)16-5-3-2-4-6-16/h2-12H,13H2,1H3,(H,23,26). The maximum absolute atomic E-state index is 13.0. The lowest BCUT2D eigenvalue weighted by Crippen LogP contribution is -2.22. The minimum Gasteiger partial charge on any atom is -0.465 e. The third-order valence-electron chi connectivity index (χ3n) is 4.39. The number of ether oxygens (including phenoxy) is 1. The highest BCUT2D eigenvalue weighted by molar-refractivity contribution is 7.99. The molecule has 4 rings (SSSR count). The predicted octanol–water partition coefficient (Wildman–Crippen LogP) is 3.96. The second-order valence-corrected chi connectivity index (χ2v) is 8.27. The van der Waals surface area contributed by atoms with Crippen LogP contribution in [0, 0.1) is 0 Å². The normalized spacial score (nSPS) is 10.7. The van der Waals surface area contributed by atoms with E-state index in [1.807, 2.05) is 35.7 Å². The molecule has 0 aliphatic carbocycles. The monoisotopic (exact) mass is 451 g/mol. The number of para-hydroxylation sites is 1. The fraction of sp³-hybridized carbons (Fsp3) is 0.0909. The number of rotatable bonds is 6. The molecule has 4 aromatic rings. The highest BCUT2D eigenvalue weighted by Crippen LogP contribution is 2.24. The number of nitrogens with one attached hydrogen (secondary N) is 1. The van der Waals surface area contributed by atoms with Crippen LogP contribution in [0.2, 0.25) is 0 Å². The summed E-state index contributed by atoms with van der Waals surface area (Å²) in [6.45, 7) is 0. The van der Waals surface area contributed by atoms with Crippen molar-refractivity contribution in [2.75, 3.05) is 18.2 Å². The summed E-state index contributed by atoms with van der Waals surface area (Å²) in [7, 11) is 1.31. The molecule has 0 aliphatic heterocycles. The fourth-order valence-electron chi connectivity index (χ4n) is 2.93. The van der Waals surface area contributed by atoms with Crippen LogP contribution in [0.15, 0.2) is 76.0 Å². The maximum Gasteiger partial charge on any atom is 0.337 e. The molecule has 9 heteroatoms. The molecule has 0 radical (unpaired) electrons. The molecule has 7 nitrogen and oxygen atoms in total. The van der Waals surface area contributed by atoms with Gasteiger partial charge < -0.3 is 10.1 Å². The first-order valence-electron chi connectivity index (χ1n) is 9.23. The highest BCUT2D eigenvalue weighted by atomic mass is 32.2. The number of thioether (sulfide) groups is 1. The van der Waals surface area contributed by atoms with Crippen molar-refractivity contribution in [1.29, 1.82) is 0 Å². The Bertz CT molecular complexity index is 1300. The van der Waals surface area contributed by atoms with Gasteiger partial charge in [0.05, 0.1) is 29.6 Å². The minimum atomic E-state index is -0.442. The van der Waals surface area contributed by atoms with Gasteiger partial charge in [0.15, 0.2) is 5.16 Å². The molecule has 2 heterocycles. The molecule has 1 N–H and O–H groups in total. The van der Waals surface area contributed by atoms with E-state index in [-0.39, 0.29) is 17.2 Å². The third kappa shape index (κ3) is 4.52. The summed E-state index contributed by atoms with van der Waals surface area (Å²) in [4.78, 5) is 41.6. The van der Waals surface area contributed by atoms with Crippen LogP contribution in [0.25, 0.3) is 15.9 Å². The zero-order valence-electron chi connectivity index (χ0n) is 16.4. The van der Waals surface area contributed by atoms with E-state index in [0.29, 0.717) is 32.3 Å². The first kappa shape index (κ1) is 20.8. The van der Waals surface area contributed by atoms with Gasteiger partial charge in [0.2, 0.25) is 5.91 Å². The number of aromatic nitrogens is 2. The van der Waals surface area contributed by atoms with Crippen molar-refractivity contribution in [1.82, 2.24) is 9.55 Å².